The molecule has 1 heterocycles. The van der Waals surface area contributed by atoms with E-state index < -0.39 is 0 Å². The Bertz CT molecular complexity index is 390. The number of para-hydroxylation sites is 2. The molecule has 0 saturated heterocycles. The van der Waals surface area contributed by atoms with Crippen LogP contribution in [0.5, 0.6) is 5.75 Å². The van der Waals surface area contributed by atoms with Crippen molar-refractivity contribution >= 4 is 5.69 Å². The first-order chi connectivity index (χ1) is 8.36. The van der Waals surface area contributed by atoms with E-state index in [9.17, 15) is 0 Å². The number of fused-ring (bicyclic) bond motifs is 1. The Balaban J connectivity index is 1.63. The van der Waals surface area contributed by atoms with E-state index in [0.29, 0.717) is 0 Å². The zero-order valence-corrected chi connectivity index (χ0v) is 10.4. The van der Waals surface area contributed by atoms with Gasteiger partial charge in [-0.1, -0.05) is 19.1 Å². The van der Waals surface area contributed by atoms with Gasteiger partial charge in [0.2, 0.25) is 0 Å². The summed E-state index contributed by atoms with van der Waals surface area (Å²) in [6.07, 6.45) is 3.01. The summed E-state index contributed by atoms with van der Waals surface area (Å²) in [4.78, 5) is 2.54. The fourth-order valence-electron chi connectivity index (χ4n) is 2.50. The molecule has 1 aliphatic carbocycles. The molecule has 1 saturated carbocycles. The summed E-state index contributed by atoms with van der Waals surface area (Å²) in [5.41, 5.74) is 1.12. The molecule has 3 heteroatoms. The standard InChI is InChI=1S/C14H20N2O/c1-2-16(11-7-8-11)10-12-9-15-13-5-3-4-6-14(13)17-12/h3-6,11-12,15H,2,7-10H2,1H3. The van der Waals surface area contributed by atoms with Gasteiger partial charge in [0.05, 0.1) is 12.2 Å². The van der Waals surface area contributed by atoms with Crippen molar-refractivity contribution in [3.8, 4) is 5.75 Å². The molecule has 1 atom stereocenters. The minimum atomic E-state index is 0.283. The highest BCUT2D eigenvalue weighted by Crippen LogP contribution is 2.30. The normalized spacial score (nSPS) is 22.8. The number of nitrogens with one attached hydrogen (secondary N) is 1. The maximum absolute atomic E-state index is 6.04. The third-order valence-electron chi connectivity index (χ3n) is 3.61. The Morgan fingerprint density at radius 1 is 1.35 bits per heavy atom. The zero-order chi connectivity index (χ0) is 11.7. The SMILES string of the molecule is CCN(CC1CNc2ccccc2O1)C1CC1. The number of likely N-dealkylation sites (N-methyl/N-ethyl adjacent to an activating group) is 1. The van der Waals surface area contributed by atoms with Gasteiger partial charge in [0, 0.05) is 12.6 Å². The van der Waals surface area contributed by atoms with Crippen LogP contribution in [0.25, 0.3) is 0 Å². The molecule has 2 aliphatic rings. The molecule has 1 aromatic rings. The van der Waals surface area contributed by atoms with Crippen LogP contribution < -0.4 is 10.1 Å². The van der Waals surface area contributed by atoms with Gasteiger partial charge in [-0.05, 0) is 31.5 Å². The van der Waals surface area contributed by atoms with Gasteiger partial charge < -0.3 is 10.1 Å². The van der Waals surface area contributed by atoms with Crippen molar-refractivity contribution in [1.82, 2.24) is 4.90 Å². The van der Waals surface area contributed by atoms with Crippen molar-refractivity contribution in [3.63, 3.8) is 0 Å². The number of benzene rings is 1. The van der Waals surface area contributed by atoms with Crippen LogP contribution in [0, 0.1) is 0 Å². The number of ether oxygens (including phenoxy) is 1. The van der Waals surface area contributed by atoms with E-state index in [1.54, 1.807) is 0 Å². The minimum absolute atomic E-state index is 0.283. The molecule has 0 aromatic heterocycles. The van der Waals surface area contributed by atoms with E-state index in [1.807, 2.05) is 18.2 Å². The molecule has 0 amide bonds. The molecule has 1 fully saturated rings. The lowest BCUT2D eigenvalue weighted by Gasteiger charge is -2.31. The number of rotatable bonds is 4. The number of hydrogen-bond donors (Lipinski definition) is 1. The molecule has 0 bridgehead atoms. The monoisotopic (exact) mass is 232 g/mol. The molecule has 1 unspecified atom stereocenters. The van der Waals surface area contributed by atoms with Crippen LogP contribution in [0.2, 0.25) is 0 Å². The number of anilines is 1. The average Bonchev–Trinajstić information content (AvgIpc) is 3.20. The van der Waals surface area contributed by atoms with Crippen molar-refractivity contribution < 1.29 is 4.74 Å². The topological polar surface area (TPSA) is 24.5 Å². The quantitative estimate of drug-likeness (QED) is 0.862. The van der Waals surface area contributed by atoms with E-state index in [1.165, 1.54) is 12.8 Å². The maximum Gasteiger partial charge on any atom is 0.142 e. The summed E-state index contributed by atoms with van der Waals surface area (Å²) in [5.74, 6) is 0.996. The van der Waals surface area contributed by atoms with Crippen molar-refractivity contribution in [2.75, 3.05) is 25.0 Å². The summed E-state index contributed by atoms with van der Waals surface area (Å²) < 4.78 is 6.04. The van der Waals surface area contributed by atoms with Crippen molar-refractivity contribution in [1.29, 1.82) is 0 Å². The van der Waals surface area contributed by atoms with Crippen LogP contribution in [0.3, 0.4) is 0 Å². The molecule has 1 aliphatic heterocycles. The van der Waals surface area contributed by atoms with Crippen LogP contribution in [-0.2, 0) is 0 Å². The van der Waals surface area contributed by atoms with Gasteiger partial charge in [-0.25, -0.2) is 0 Å². The van der Waals surface area contributed by atoms with E-state index in [2.05, 4.69) is 23.2 Å². The van der Waals surface area contributed by atoms with Crippen LogP contribution >= 0.6 is 0 Å². The first-order valence-electron chi connectivity index (χ1n) is 6.60. The Morgan fingerprint density at radius 3 is 2.94 bits per heavy atom. The highest BCUT2D eigenvalue weighted by Gasteiger charge is 2.30. The van der Waals surface area contributed by atoms with Gasteiger partial charge >= 0.3 is 0 Å². The molecular weight excluding hydrogens is 212 g/mol. The predicted octanol–water partition coefficient (Wildman–Crippen LogP) is 2.34. The van der Waals surface area contributed by atoms with Crippen molar-refractivity contribution in [3.05, 3.63) is 24.3 Å². The largest absolute Gasteiger partial charge is 0.485 e. The minimum Gasteiger partial charge on any atom is -0.485 e. The molecule has 1 N–H and O–H groups in total. The van der Waals surface area contributed by atoms with Gasteiger partial charge in [0.15, 0.2) is 0 Å². The van der Waals surface area contributed by atoms with E-state index >= 15 is 0 Å². The first-order valence-corrected chi connectivity index (χ1v) is 6.60. The second-order valence-corrected chi connectivity index (χ2v) is 4.94. The van der Waals surface area contributed by atoms with Crippen LogP contribution in [0.1, 0.15) is 19.8 Å². The average molecular weight is 232 g/mol. The smallest absolute Gasteiger partial charge is 0.142 e. The lowest BCUT2D eigenvalue weighted by molar-refractivity contribution is 0.134. The van der Waals surface area contributed by atoms with Crippen LogP contribution in [-0.4, -0.2) is 36.7 Å². The molecule has 1 aromatic carbocycles. The summed E-state index contributed by atoms with van der Waals surface area (Å²) in [6, 6.07) is 9.01. The Kier molecular flexibility index (Phi) is 2.93. The van der Waals surface area contributed by atoms with Gasteiger partial charge in [-0.15, -0.1) is 0 Å². The molecule has 0 radical (unpaired) electrons. The Hall–Kier alpha value is -1.22. The highest BCUT2D eigenvalue weighted by atomic mass is 16.5. The summed E-state index contributed by atoms with van der Waals surface area (Å²) >= 11 is 0. The van der Waals surface area contributed by atoms with Crippen molar-refractivity contribution in [2.45, 2.75) is 31.9 Å². The number of hydrogen-bond acceptors (Lipinski definition) is 3. The van der Waals surface area contributed by atoms with E-state index in [4.69, 9.17) is 4.74 Å². The van der Waals surface area contributed by atoms with E-state index in [0.717, 1.165) is 37.1 Å². The molecule has 0 spiro atoms. The maximum atomic E-state index is 6.04. The highest BCUT2D eigenvalue weighted by molar-refractivity contribution is 5.57. The molecule has 92 valence electrons. The van der Waals surface area contributed by atoms with Gasteiger partial charge in [0.1, 0.15) is 11.9 Å². The number of nitrogens with zero attached hydrogens (tertiary/aromatic N) is 1. The fourth-order valence-corrected chi connectivity index (χ4v) is 2.50. The lowest BCUT2D eigenvalue weighted by Crippen LogP contribution is -2.42. The Labute approximate surface area is 103 Å². The van der Waals surface area contributed by atoms with Gasteiger partial charge in [-0.3, -0.25) is 4.90 Å². The van der Waals surface area contributed by atoms with Crippen molar-refractivity contribution in [2.24, 2.45) is 0 Å². The second kappa shape index (κ2) is 4.57. The van der Waals surface area contributed by atoms with Gasteiger partial charge in [0.25, 0.3) is 0 Å². The molecular formula is C14H20N2O. The van der Waals surface area contributed by atoms with Gasteiger partial charge in [-0.2, -0.15) is 0 Å². The zero-order valence-electron chi connectivity index (χ0n) is 10.4. The van der Waals surface area contributed by atoms with Crippen LogP contribution in [0.15, 0.2) is 24.3 Å². The fraction of sp³-hybridized carbons (Fsp3) is 0.571. The second-order valence-electron chi connectivity index (χ2n) is 4.94. The summed E-state index contributed by atoms with van der Waals surface area (Å²) in [5, 5.41) is 3.45. The third-order valence-corrected chi connectivity index (χ3v) is 3.61. The molecule has 3 nitrogen and oxygen atoms in total. The predicted molar refractivity (Wildman–Crippen MR) is 69.6 cm³/mol. The third kappa shape index (κ3) is 2.39. The van der Waals surface area contributed by atoms with Crippen LogP contribution in [0.4, 0.5) is 5.69 Å². The summed E-state index contributed by atoms with van der Waals surface area (Å²) in [7, 11) is 0. The molecule has 17 heavy (non-hydrogen) atoms. The Morgan fingerprint density at radius 2 is 2.18 bits per heavy atom. The first kappa shape index (κ1) is 10.9. The summed E-state index contributed by atoms with van der Waals surface area (Å²) in [6.45, 7) is 5.33. The lowest BCUT2D eigenvalue weighted by atomic mass is 10.2. The molecule has 3 rings (SSSR count). The van der Waals surface area contributed by atoms with E-state index in [-0.39, 0.29) is 6.10 Å².